The van der Waals surface area contributed by atoms with Crippen LogP contribution in [0.5, 0.6) is 0 Å². The van der Waals surface area contributed by atoms with Gasteiger partial charge in [0.1, 0.15) is 0 Å². The summed E-state index contributed by atoms with van der Waals surface area (Å²) in [6.07, 6.45) is 3.74. The summed E-state index contributed by atoms with van der Waals surface area (Å²) in [7, 11) is 1.80. The van der Waals surface area contributed by atoms with Crippen molar-refractivity contribution >= 4 is 28.4 Å². The molecule has 0 aliphatic heterocycles. The zero-order valence-electron chi connectivity index (χ0n) is 12.7. The number of aromatic nitrogens is 4. The van der Waals surface area contributed by atoms with Crippen molar-refractivity contribution in [2.75, 3.05) is 10.6 Å². The van der Waals surface area contributed by atoms with E-state index in [0.29, 0.717) is 17.5 Å². The maximum atomic E-state index is 11.9. The number of anilines is 2. The van der Waals surface area contributed by atoms with Gasteiger partial charge in [0.05, 0.1) is 5.52 Å². The average molecular weight is 298 g/mol. The van der Waals surface area contributed by atoms with Gasteiger partial charge >= 0.3 is 6.03 Å². The number of fused-ring (bicyclic) bond motifs is 1. The number of aryl methyl sites for hydroxylation is 1. The molecule has 0 unspecified atom stereocenters. The molecule has 3 rings (SSSR count). The van der Waals surface area contributed by atoms with Crippen LogP contribution in [0.3, 0.4) is 0 Å². The normalized spacial score (nSPS) is 11.1. The van der Waals surface area contributed by atoms with Crippen LogP contribution in [0.15, 0.2) is 36.7 Å². The Labute approximate surface area is 127 Å². The molecule has 3 aromatic rings. The molecule has 1 aromatic carbocycles. The molecule has 0 bridgehead atoms. The average Bonchev–Trinajstić information content (AvgIpc) is 3.04. The number of nitrogens with one attached hydrogen (secondary N) is 2. The summed E-state index contributed by atoms with van der Waals surface area (Å²) in [5.41, 5.74) is 1.62. The van der Waals surface area contributed by atoms with Gasteiger partial charge in [-0.2, -0.15) is 10.2 Å². The number of hydrogen-bond acceptors (Lipinski definition) is 3. The lowest BCUT2D eigenvalue weighted by atomic mass is 10.2. The van der Waals surface area contributed by atoms with Crippen molar-refractivity contribution in [3.8, 4) is 0 Å². The van der Waals surface area contributed by atoms with Crippen LogP contribution in [0.1, 0.15) is 19.9 Å². The molecule has 2 heterocycles. The summed E-state index contributed by atoms with van der Waals surface area (Å²) in [5, 5.41) is 15.0. The number of carbonyl (C=O) groups excluding carboxylic acids is 1. The summed E-state index contributed by atoms with van der Waals surface area (Å²) < 4.78 is 3.53. The van der Waals surface area contributed by atoms with E-state index in [1.165, 1.54) is 0 Å². The van der Waals surface area contributed by atoms with Gasteiger partial charge in [-0.3, -0.25) is 14.7 Å². The molecule has 2 N–H and O–H groups in total. The molecule has 0 atom stereocenters. The molecule has 0 fully saturated rings. The van der Waals surface area contributed by atoms with Crippen molar-refractivity contribution in [1.82, 2.24) is 19.6 Å². The van der Waals surface area contributed by atoms with Gasteiger partial charge < -0.3 is 5.32 Å². The fourth-order valence-corrected chi connectivity index (χ4v) is 2.15. The monoisotopic (exact) mass is 298 g/mol. The van der Waals surface area contributed by atoms with E-state index >= 15 is 0 Å². The lowest BCUT2D eigenvalue weighted by Gasteiger charge is -2.05. The largest absolute Gasteiger partial charge is 0.324 e. The molecule has 0 saturated carbocycles. The van der Waals surface area contributed by atoms with Crippen LogP contribution in [-0.2, 0) is 7.05 Å². The molecule has 114 valence electrons. The summed E-state index contributed by atoms with van der Waals surface area (Å²) in [5.74, 6) is 0.508. The summed E-state index contributed by atoms with van der Waals surface area (Å²) in [6, 6.07) is 7.34. The van der Waals surface area contributed by atoms with Crippen molar-refractivity contribution in [2.24, 2.45) is 7.05 Å². The minimum absolute atomic E-state index is 0.302. The number of urea groups is 1. The second-order valence-corrected chi connectivity index (χ2v) is 5.43. The third-order valence-corrected chi connectivity index (χ3v) is 3.26. The Kier molecular flexibility index (Phi) is 3.54. The van der Waals surface area contributed by atoms with Gasteiger partial charge in [0, 0.05) is 42.6 Å². The van der Waals surface area contributed by atoms with Crippen LogP contribution in [0, 0.1) is 0 Å². The Hall–Kier alpha value is -2.83. The molecule has 2 amide bonds. The smallest absolute Gasteiger partial charge is 0.308 e. The third-order valence-electron chi connectivity index (χ3n) is 3.26. The second-order valence-electron chi connectivity index (χ2n) is 5.43. The predicted molar refractivity (Wildman–Crippen MR) is 86.0 cm³/mol. The minimum Gasteiger partial charge on any atom is -0.308 e. The van der Waals surface area contributed by atoms with Crippen LogP contribution in [0.25, 0.3) is 10.9 Å². The molecule has 7 heteroatoms. The third kappa shape index (κ3) is 2.93. The highest BCUT2D eigenvalue weighted by Crippen LogP contribution is 2.20. The first-order valence-corrected chi connectivity index (χ1v) is 7.08. The van der Waals surface area contributed by atoms with Gasteiger partial charge in [0.2, 0.25) is 0 Å². The highest BCUT2D eigenvalue weighted by Gasteiger charge is 2.07. The van der Waals surface area contributed by atoms with Gasteiger partial charge in [-0.25, -0.2) is 4.79 Å². The highest BCUT2D eigenvalue weighted by atomic mass is 16.2. The van der Waals surface area contributed by atoms with Crippen LogP contribution in [0.2, 0.25) is 0 Å². The molecule has 0 saturated heterocycles. The Balaban J connectivity index is 1.74. The van der Waals surface area contributed by atoms with Gasteiger partial charge in [0.25, 0.3) is 0 Å². The van der Waals surface area contributed by atoms with E-state index in [1.807, 2.05) is 29.1 Å². The minimum atomic E-state index is -0.325. The number of rotatable bonds is 3. The number of benzene rings is 1. The predicted octanol–water partition coefficient (Wildman–Crippen LogP) is 2.99. The zero-order valence-corrected chi connectivity index (χ0v) is 12.7. The van der Waals surface area contributed by atoms with Gasteiger partial charge in [-0.05, 0) is 32.0 Å². The quantitative estimate of drug-likeness (QED) is 0.780. The summed E-state index contributed by atoms with van der Waals surface area (Å²) in [6.45, 7) is 4.15. The Morgan fingerprint density at radius 3 is 2.68 bits per heavy atom. The van der Waals surface area contributed by atoms with Crippen LogP contribution < -0.4 is 10.6 Å². The first-order chi connectivity index (χ1) is 10.5. The maximum Gasteiger partial charge on any atom is 0.324 e. The van der Waals surface area contributed by atoms with E-state index in [0.717, 1.165) is 10.9 Å². The van der Waals surface area contributed by atoms with Gasteiger partial charge in [-0.15, -0.1) is 0 Å². The van der Waals surface area contributed by atoms with Gasteiger partial charge in [0.15, 0.2) is 5.82 Å². The molecular weight excluding hydrogens is 280 g/mol. The Bertz CT molecular complexity index is 816. The molecule has 0 aliphatic rings. The summed E-state index contributed by atoms with van der Waals surface area (Å²) in [4.78, 5) is 11.9. The zero-order chi connectivity index (χ0) is 15.7. The van der Waals surface area contributed by atoms with E-state index in [2.05, 4.69) is 34.7 Å². The number of hydrogen-bond donors (Lipinski definition) is 2. The van der Waals surface area contributed by atoms with E-state index in [-0.39, 0.29) is 6.03 Å². The fraction of sp³-hybridized carbons (Fsp3) is 0.267. The van der Waals surface area contributed by atoms with Crippen LogP contribution >= 0.6 is 0 Å². The topological polar surface area (TPSA) is 76.8 Å². The number of carbonyl (C=O) groups is 1. The first-order valence-electron chi connectivity index (χ1n) is 7.08. The van der Waals surface area contributed by atoms with E-state index in [1.54, 1.807) is 24.0 Å². The van der Waals surface area contributed by atoms with Crippen LogP contribution in [0.4, 0.5) is 16.3 Å². The van der Waals surface area contributed by atoms with Crippen molar-refractivity contribution in [2.45, 2.75) is 19.9 Å². The van der Waals surface area contributed by atoms with Crippen LogP contribution in [-0.4, -0.2) is 25.6 Å². The first kappa shape index (κ1) is 14.1. The van der Waals surface area contributed by atoms with E-state index < -0.39 is 0 Å². The van der Waals surface area contributed by atoms with Crippen molar-refractivity contribution in [3.63, 3.8) is 0 Å². The summed E-state index contributed by atoms with van der Waals surface area (Å²) >= 11 is 0. The Morgan fingerprint density at radius 2 is 2.00 bits per heavy atom. The van der Waals surface area contributed by atoms with E-state index in [9.17, 15) is 4.79 Å². The molecule has 0 aliphatic carbocycles. The Morgan fingerprint density at radius 1 is 1.18 bits per heavy atom. The van der Waals surface area contributed by atoms with Crippen molar-refractivity contribution in [1.29, 1.82) is 0 Å². The van der Waals surface area contributed by atoms with Gasteiger partial charge in [-0.1, -0.05) is 0 Å². The number of amides is 2. The lowest BCUT2D eigenvalue weighted by Crippen LogP contribution is -2.19. The maximum absolute atomic E-state index is 11.9. The van der Waals surface area contributed by atoms with Crippen molar-refractivity contribution < 1.29 is 4.79 Å². The highest BCUT2D eigenvalue weighted by molar-refractivity contribution is 6.00. The standard InChI is InChI=1S/C15H18N6O/c1-10(2)21-9-11-8-12(4-5-13(11)18-21)16-15(22)17-14-6-7-20(3)19-14/h4-10H,1-3H3,(H2,16,17,19,22). The molecule has 0 spiro atoms. The molecule has 0 radical (unpaired) electrons. The van der Waals surface area contributed by atoms with Crippen molar-refractivity contribution in [3.05, 3.63) is 36.7 Å². The fourth-order valence-electron chi connectivity index (χ4n) is 2.15. The number of nitrogens with zero attached hydrogens (tertiary/aromatic N) is 4. The molecule has 2 aromatic heterocycles. The van der Waals surface area contributed by atoms with E-state index in [4.69, 9.17) is 0 Å². The lowest BCUT2D eigenvalue weighted by molar-refractivity contribution is 0.262. The molecule has 7 nitrogen and oxygen atoms in total. The molecule has 22 heavy (non-hydrogen) atoms. The second kappa shape index (κ2) is 5.51. The molecular formula is C15H18N6O. The SMILES string of the molecule is CC(C)n1cc2cc(NC(=O)Nc3ccn(C)n3)ccc2n1.